The summed E-state index contributed by atoms with van der Waals surface area (Å²) < 4.78 is 15.8. The van der Waals surface area contributed by atoms with E-state index >= 15 is 0 Å². The largest absolute Gasteiger partial charge is 0.497 e. The van der Waals surface area contributed by atoms with Crippen LogP contribution in [-0.2, 0) is 16.1 Å². The number of hydrogen-bond acceptors (Lipinski definition) is 6. The van der Waals surface area contributed by atoms with Gasteiger partial charge in [0.15, 0.2) is 5.82 Å². The predicted molar refractivity (Wildman–Crippen MR) is 90.2 cm³/mol. The Kier molecular flexibility index (Phi) is 5.65. The molecule has 0 N–H and O–H groups in total. The molecule has 1 aromatic heterocycles. The van der Waals surface area contributed by atoms with E-state index in [1.807, 2.05) is 29.2 Å². The monoisotopic (exact) mass is 345 g/mol. The molecule has 0 saturated carbocycles. The average Bonchev–Trinajstić information content (AvgIpc) is 3.08. The zero-order chi connectivity index (χ0) is 17.6. The predicted octanol–water partition coefficient (Wildman–Crippen LogP) is 2.31. The Morgan fingerprint density at radius 2 is 2.32 bits per heavy atom. The molecule has 1 aliphatic heterocycles. The van der Waals surface area contributed by atoms with Crippen molar-refractivity contribution in [2.75, 3.05) is 26.8 Å². The molecular formula is C18H23N3O4. The van der Waals surface area contributed by atoms with Gasteiger partial charge < -0.3 is 18.9 Å². The third-order valence-corrected chi connectivity index (χ3v) is 4.31. The van der Waals surface area contributed by atoms with E-state index in [2.05, 4.69) is 10.1 Å². The summed E-state index contributed by atoms with van der Waals surface area (Å²) in [6.07, 6.45) is 1.90. The minimum absolute atomic E-state index is 0.00665. The molecule has 1 aromatic carbocycles. The molecule has 1 amide bonds. The van der Waals surface area contributed by atoms with Crippen LogP contribution in [0.5, 0.6) is 5.75 Å². The maximum absolute atomic E-state index is 12.4. The molecule has 2 heterocycles. The minimum atomic E-state index is -0.00665. The van der Waals surface area contributed by atoms with Gasteiger partial charge in [0, 0.05) is 25.9 Å². The number of carbonyl (C=O) groups excluding carboxylic acids is 1. The van der Waals surface area contributed by atoms with E-state index in [1.165, 1.54) is 0 Å². The molecule has 0 radical (unpaired) electrons. The van der Waals surface area contributed by atoms with Crippen molar-refractivity contribution in [1.82, 2.24) is 15.0 Å². The highest BCUT2D eigenvalue weighted by Crippen LogP contribution is 2.25. The van der Waals surface area contributed by atoms with Crippen LogP contribution in [0.25, 0.3) is 0 Å². The van der Waals surface area contributed by atoms with Gasteiger partial charge in [-0.3, -0.25) is 4.79 Å². The third-order valence-electron chi connectivity index (χ3n) is 4.31. The van der Waals surface area contributed by atoms with Crippen LogP contribution in [0, 0.1) is 6.92 Å². The lowest BCUT2D eigenvalue weighted by molar-refractivity contribution is -0.137. The lowest BCUT2D eigenvalue weighted by Crippen LogP contribution is -2.41. The van der Waals surface area contributed by atoms with Crippen molar-refractivity contribution in [2.24, 2.45) is 0 Å². The van der Waals surface area contributed by atoms with Crippen molar-refractivity contribution in [3.05, 3.63) is 41.5 Å². The van der Waals surface area contributed by atoms with Crippen LogP contribution in [0.15, 0.2) is 28.8 Å². The second-order valence-corrected chi connectivity index (χ2v) is 6.19. The average molecular weight is 345 g/mol. The number of hydrogen-bond donors (Lipinski definition) is 0. The number of piperidine rings is 1. The van der Waals surface area contributed by atoms with Gasteiger partial charge in [-0.05, 0) is 30.5 Å². The molecule has 0 unspecified atom stereocenters. The van der Waals surface area contributed by atoms with Gasteiger partial charge in [0.05, 0.1) is 13.7 Å². The first-order valence-electron chi connectivity index (χ1n) is 8.44. The second kappa shape index (κ2) is 8.11. The van der Waals surface area contributed by atoms with E-state index in [0.29, 0.717) is 24.9 Å². The van der Waals surface area contributed by atoms with Crippen LogP contribution in [-0.4, -0.2) is 47.8 Å². The summed E-state index contributed by atoms with van der Waals surface area (Å²) >= 11 is 0. The molecule has 3 rings (SSSR count). The number of nitrogens with zero attached hydrogens (tertiary/aromatic N) is 3. The normalized spacial score (nSPS) is 17.5. The highest BCUT2D eigenvalue weighted by molar-refractivity contribution is 5.77. The SMILES string of the molecule is COc1cccc(COCC(=O)N2CCC[C@H](c3noc(C)n3)C2)c1. The van der Waals surface area contributed by atoms with Crippen molar-refractivity contribution in [2.45, 2.75) is 32.3 Å². The van der Waals surface area contributed by atoms with Gasteiger partial charge in [-0.2, -0.15) is 4.98 Å². The van der Waals surface area contributed by atoms with Gasteiger partial charge in [0.2, 0.25) is 11.8 Å². The minimum Gasteiger partial charge on any atom is -0.497 e. The first kappa shape index (κ1) is 17.4. The molecule has 0 spiro atoms. The second-order valence-electron chi connectivity index (χ2n) is 6.19. The molecule has 1 atom stereocenters. The fraction of sp³-hybridized carbons (Fsp3) is 0.500. The van der Waals surface area contributed by atoms with Gasteiger partial charge in [0.1, 0.15) is 12.4 Å². The Hall–Kier alpha value is -2.41. The Morgan fingerprint density at radius 3 is 3.08 bits per heavy atom. The molecule has 2 aromatic rings. The van der Waals surface area contributed by atoms with Gasteiger partial charge >= 0.3 is 0 Å². The topological polar surface area (TPSA) is 77.7 Å². The smallest absolute Gasteiger partial charge is 0.248 e. The third kappa shape index (κ3) is 4.57. The van der Waals surface area contributed by atoms with Crippen LogP contribution in [0.1, 0.15) is 36.0 Å². The Labute approximate surface area is 146 Å². The highest BCUT2D eigenvalue weighted by atomic mass is 16.5. The fourth-order valence-corrected chi connectivity index (χ4v) is 3.00. The van der Waals surface area contributed by atoms with Gasteiger partial charge in [0.25, 0.3) is 0 Å². The molecule has 1 saturated heterocycles. The summed E-state index contributed by atoms with van der Waals surface area (Å²) in [5.74, 6) is 2.15. The van der Waals surface area contributed by atoms with Gasteiger partial charge in [-0.15, -0.1) is 0 Å². The molecule has 0 bridgehead atoms. The van der Waals surface area contributed by atoms with E-state index in [0.717, 1.165) is 30.7 Å². The summed E-state index contributed by atoms with van der Waals surface area (Å²) in [5, 5.41) is 3.98. The Morgan fingerprint density at radius 1 is 1.44 bits per heavy atom. The number of methoxy groups -OCH3 is 1. The molecule has 134 valence electrons. The zero-order valence-electron chi connectivity index (χ0n) is 14.6. The van der Waals surface area contributed by atoms with Crippen LogP contribution < -0.4 is 4.74 Å². The van der Waals surface area contributed by atoms with E-state index in [-0.39, 0.29) is 18.4 Å². The number of benzene rings is 1. The number of rotatable bonds is 6. The first-order valence-corrected chi connectivity index (χ1v) is 8.44. The number of likely N-dealkylation sites (tertiary alicyclic amines) is 1. The van der Waals surface area contributed by atoms with Crippen molar-refractivity contribution < 1.29 is 18.8 Å². The Balaban J connectivity index is 1.49. The highest BCUT2D eigenvalue weighted by Gasteiger charge is 2.27. The van der Waals surface area contributed by atoms with E-state index in [1.54, 1.807) is 14.0 Å². The summed E-state index contributed by atoms with van der Waals surface area (Å²) in [6.45, 7) is 3.57. The lowest BCUT2D eigenvalue weighted by atomic mass is 9.97. The number of amides is 1. The quantitative estimate of drug-likeness (QED) is 0.799. The summed E-state index contributed by atoms with van der Waals surface area (Å²) in [4.78, 5) is 18.5. The van der Waals surface area contributed by atoms with Crippen molar-refractivity contribution >= 4 is 5.91 Å². The van der Waals surface area contributed by atoms with Crippen LogP contribution in [0.4, 0.5) is 0 Å². The van der Waals surface area contributed by atoms with Gasteiger partial charge in [-0.25, -0.2) is 0 Å². The van der Waals surface area contributed by atoms with Crippen molar-refractivity contribution in [3.8, 4) is 5.75 Å². The molecule has 7 heteroatoms. The van der Waals surface area contributed by atoms with Crippen molar-refractivity contribution in [1.29, 1.82) is 0 Å². The number of aryl methyl sites for hydroxylation is 1. The van der Waals surface area contributed by atoms with E-state index in [9.17, 15) is 4.79 Å². The molecule has 25 heavy (non-hydrogen) atoms. The summed E-state index contributed by atoms with van der Waals surface area (Å²) in [7, 11) is 1.63. The number of aromatic nitrogens is 2. The summed E-state index contributed by atoms with van der Waals surface area (Å²) in [5.41, 5.74) is 0.978. The standard InChI is InChI=1S/C18H23N3O4/c1-13-19-18(20-25-13)15-6-4-8-21(10-15)17(22)12-24-11-14-5-3-7-16(9-14)23-2/h3,5,7,9,15H,4,6,8,10-12H2,1-2H3/t15-/m0/s1. The first-order chi connectivity index (χ1) is 12.2. The number of carbonyl (C=O) groups is 1. The van der Waals surface area contributed by atoms with Crippen LogP contribution in [0.3, 0.4) is 0 Å². The molecule has 7 nitrogen and oxygen atoms in total. The lowest BCUT2D eigenvalue weighted by Gasteiger charge is -2.31. The van der Waals surface area contributed by atoms with E-state index in [4.69, 9.17) is 14.0 Å². The maximum atomic E-state index is 12.4. The van der Waals surface area contributed by atoms with Crippen LogP contribution in [0.2, 0.25) is 0 Å². The molecular weight excluding hydrogens is 322 g/mol. The Bertz CT molecular complexity index is 716. The van der Waals surface area contributed by atoms with Crippen LogP contribution >= 0.6 is 0 Å². The van der Waals surface area contributed by atoms with E-state index < -0.39 is 0 Å². The fourth-order valence-electron chi connectivity index (χ4n) is 3.00. The molecule has 1 aliphatic rings. The summed E-state index contributed by atoms with van der Waals surface area (Å²) in [6, 6.07) is 7.63. The molecule has 0 aliphatic carbocycles. The van der Waals surface area contributed by atoms with Gasteiger partial charge in [-0.1, -0.05) is 17.3 Å². The number of ether oxygens (including phenoxy) is 2. The zero-order valence-corrected chi connectivity index (χ0v) is 14.6. The van der Waals surface area contributed by atoms with Crippen molar-refractivity contribution in [3.63, 3.8) is 0 Å². The molecule has 1 fully saturated rings. The maximum Gasteiger partial charge on any atom is 0.248 e.